The van der Waals surface area contributed by atoms with Gasteiger partial charge in [-0.3, -0.25) is 14.5 Å². The molecule has 2 heterocycles. The van der Waals surface area contributed by atoms with Crippen molar-refractivity contribution >= 4 is 29.5 Å². The summed E-state index contributed by atoms with van der Waals surface area (Å²) < 4.78 is 15.5. The summed E-state index contributed by atoms with van der Waals surface area (Å²) in [6.45, 7) is 3.15. The number of esters is 1. The number of hydrogen-bond acceptors (Lipinski definition) is 7. The molecule has 166 valence electrons. The van der Waals surface area contributed by atoms with Gasteiger partial charge in [-0.2, -0.15) is 0 Å². The van der Waals surface area contributed by atoms with Crippen molar-refractivity contribution in [2.45, 2.75) is 19.4 Å². The Kier molecular flexibility index (Phi) is 5.43. The predicted molar refractivity (Wildman–Crippen MR) is 111 cm³/mol. The molecule has 2 aromatic rings. The number of rotatable bonds is 6. The van der Waals surface area contributed by atoms with E-state index in [0.717, 1.165) is 4.90 Å². The van der Waals surface area contributed by atoms with Crippen molar-refractivity contribution in [1.29, 1.82) is 0 Å². The Morgan fingerprint density at radius 3 is 2.56 bits per heavy atom. The molecule has 1 fully saturated rings. The Bertz CT molecular complexity index is 1100. The number of nitrogens with one attached hydrogen (secondary N) is 2. The topological polar surface area (TPSA) is 123 Å². The smallest absolute Gasteiger partial charge is 0.338 e. The third-order valence-corrected chi connectivity index (χ3v) is 5.21. The molecule has 10 nitrogen and oxygen atoms in total. The molecule has 2 aliphatic heterocycles. The summed E-state index contributed by atoms with van der Waals surface area (Å²) in [5, 5.41) is 5.26. The van der Waals surface area contributed by atoms with Crippen molar-refractivity contribution in [3.8, 4) is 11.5 Å². The van der Waals surface area contributed by atoms with Crippen LogP contribution >= 0.6 is 0 Å². The van der Waals surface area contributed by atoms with Crippen LogP contribution in [0.4, 0.5) is 10.5 Å². The third-order valence-electron chi connectivity index (χ3n) is 5.21. The molecule has 2 N–H and O–H groups in total. The molecular formula is C22H21N3O7. The first-order valence-electron chi connectivity index (χ1n) is 9.93. The van der Waals surface area contributed by atoms with E-state index in [1.807, 2.05) is 0 Å². The van der Waals surface area contributed by atoms with Crippen molar-refractivity contribution in [3.63, 3.8) is 0 Å². The van der Waals surface area contributed by atoms with Crippen molar-refractivity contribution < 1.29 is 33.4 Å². The van der Waals surface area contributed by atoms with E-state index in [1.165, 1.54) is 24.3 Å². The molecule has 1 unspecified atom stereocenters. The lowest BCUT2D eigenvalue weighted by Gasteiger charge is -2.22. The number of ether oxygens (including phenoxy) is 3. The summed E-state index contributed by atoms with van der Waals surface area (Å²) in [7, 11) is 0. The summed E-state index contributed by atoms with van der Waals surface area (Å²) in [6.07, 6.45) is 0. The zero-order chi connectivity index (χ0) is 22.9. The van der Waals surface area contributed by atoms with Gasteiger partial charge < -0.3 is 24.8 Å². The lowest BCUT2D eigenvalue weighted by atomic mass is 9.91. The first kappa shape index (κ1) is 21.2. The van der Waals surface area contributed by atoms with E-state index in [9.17, 15) is 19.2 Å². The van der Waals surface area contributed by atoms with Crippen molar-refractivity contribution in [3.05, 3.63) is 53.6 Å². The van der Waals surface area contributed by atoms with Crippen LogP contribution < -0.4 is 20.1 Å². The number of imide groups is 1. The minimum absolute atomic E-state index is 0.0862. The molecule has 10 heteroatoms. The molecule has 0 aromatic heterocycles. The molecular weight excluding hydrogens is 418 g/mol. The van der Waals surface area contributed by atoms with E-state index >= 15 is 0 Å². The van der Waals surface area contributed by atoms with E-state index in [-0.39, 0.29) is 13.4 Å². The Balaban J connectivity index is 1.43. The molecule has 32 heavy (non-hydrogen) atoms. The molecule has 2 aliphatic rings. The standard InChI is InChI=1S/C22H21N3O7/c1-3-30-19(27)13-4-7-15(8-5-13)23-18(26)11-25-20(28)22(2,24-21(25)29)14-6-9-16-17(10-14)32-12-31-16/h4-10H,3,11-12H2,1-2H3,(H,23,26)(H,24,29). The predicted octanol–water partition coefficient (Wildman–Crippen LogP) is 2.00. The van der Waals surface area contributed by atoms with Gasteiger partial charge in [0.2, 0.25) is 12.7 Å². The highest BCUT2D eigenvalue weighted by atomic mass is 16.7. The maximum Gasteiger partial charge on any atom is 0.338 e. The molecule has 1 saturated heterocycles. The number of benzene rings is 2. The highest BCUT2D eigenvalue weighted by Gasteiger charge is 2.49. The number of hydrogen-bond donors (Lipinski definition) is 2. The summed E-state index contributed by atoms with van der Waals surface area (Å²) in [5.41, 5.74) is -0.0794. The van der Waals surface area contributed by atoms with E-state index in [4.69, 9.17) is 14.2 Å². The second kappa shape index (κ2) is 8.22. The van der Waals surface area contributed by atoms with Crippen LogP contribution in [0.15, 0.2) is 42.5 Å². The number of anilines is 1. The van der Waals surface area contributed by atoms with Crippen LogP contribution in [0, 0.1) is 0 Å². The molecule has 0 aliphatic carbocycles. The molecule has 0 spiro atoms. The normalized spacial score (nSPS) is 19.0. The minimum atomic E-state index is -1.35. The minimum Gasteiger partial charge on any atom is -0.462 e. The molecule has 0 saturated carbocycles. The molecule has 4 amide bonds. The summed E-state index contributed by atoms with van der Waals surface area (Å²) in [4.78, 5) is 50.6. The van der Waals surface area contributed by atoms with Crippen molar-refractivity contribution in [2.75, 3.05) is 25.3 Å². The van der Waals surface area contributed by atoms with Crippen LogP contribution in [-0.4, -0.2) is 48.7 Å². The Morgan fingerprint density at radius 2 is 1.84 bits per heavy atom. The van der Waals surface area contributed by atoms with E-state index < -0.39 is 35.9 Å². The lowest BCUT2D eigenvalue weighted by molar-refractivity contribution is -0.133. The van der Waals surface area contributed by atoms with Crippen LogP contribution in [-0.2, 0) is 19.9 Å². The summed E-state index contributed by atoms with van der Waals surface area (Å²) in [5.74, 6) is -0.554. The van der Waals surface area contributed by atoms with Gasteiger partial charge in [-0.25, -0.2) is 9.59 Å². The van der Waals surface area contributed by atoms with Gasteiger partial charge in [-0.1, -0.05) is 6.07 Å². The monoisotopic (exact) mass is 439 g/mol. The highest BCUT2D eigenvalue weighted by molar-refractivity contribution is 6.10. The zero-order valence-electron chi connectivity index (χ0n) is 17.5. The van der Waals surface area contributed by atoms with Gasteiger partial charge in [0.1, 0.15) is 12.1 Å². The van der Waals surface area contributed by atoms with Gasteiger partial charge in [0, 0.05) is 5.69 Å². The van der Waals surface area contributed by atoms with Gasteiger partial charge in [-0.15, -0.1) is 0 Å². The van der Waals surface area contributed by atoms with E-state index in [0.29, 0.717) is 28.3 Å². The van der Waals surface area contributed by atoms with Crippen LogP contribution in [0.25, 0.3) is 0 Å². The average Bonchev–Trinajstić information content (AvgIpc) is 3.33. The number of nitrogens with zero attached hydrogens (tertiary/aromatic N) is 1. The highest BCUT2D eigenvalue weighted by Crippen LogP contribution is 2.37. The fraction of sp³-hybridized carbons (Fsp3) is 0.273. The van der Waals surface area contributed by atoms with Gasteiger partial charge in [0.05, 0.1) is 12.2 Å². The largest absolute Gasteiger partial charge is 0.462 e. The second-order valence-electron chi connectivity index (χ2n) is 7.36. The number of urea groups is 1. The summed E-state index contributed by atoms with van der Waals surface area (Å²) in [6, 6.07) is 10.4. The Hall–Kier alpha value is -4.08. The van der Waals surface area contributed by atoms with Crippen LogP contribution in [0.3, 0.4) is 0 Å². The summed E-state index contributed by atoms with van der Waals surface area (Å²) >= 11 is 0. The molecule has 0 radical (unpaired) electrons. The van der Waals surface area contributed by atoms with E-state index in [2.05, 4.69) is 10.6 Å². The third kappa shape index (κ3) is 3.82. The Morgan fingerprint density at radius 1 is 1.12 bits per heavy atom. The fourth-order valence-electron chi connectivity index (χ4n) is 3.49. The van der Waals surface area contributed by atoms with Gasteiger partial charge >= 0.3 is 12.0 Å². The number of amides is 4. The maximum atomic E-state index is 13.0. The Labute approximate surface area is 183 Å². The zero-order valence-corrected chi connectivity index (χ0v) is 17.5. The van der Waals surface area contributed by atoms with Crippen LogP contribution in [0.2, 0.25) is 0 Å². The van der Waals surface area contributed by atoms with E-state index in [1.54, 1.807) is 32.0 Å². The SMILES string of the molecule is CCOC(=O)c1ccc(NC(=O)CN2C(=O)NC(C)(c3ccc4c(c3)OCO4)C2=O)cc1. The number of fused-ring (bicyclic) bond motifs is 1. The fourth-order valence-corrected chi connectivity index (χ4v) is 3.49. The van der Waals surface area contributed by atoms with Crippen molar-refractivity contribution in [1.82, 2.24) is 10.2 Å². The maximum absolute atomic E-state index is 13.0. The van der Waals surface area contributed by atoms with Gasteiger partial charge in [0.15, 0.2) is 11.5 Å². The van der Waals surface area contributed by atoms with Gasteiger partial charge in [-0.05, 0) is 55.8 Å². The first-order valence-corrected chi connectivity index (χ1v) is 9.93. The molecule has 0 bridgehead atoms. The molecule has 4 rings (SSSR count). The van der Waals surface area contributed by atoms with Crippen LogP contribution in [0.5, 0.6) is 11.5 Å². The average molecular weight is 439 g/mol. The lowest BCUT2D eigenvalue weighted by Crippen LogP contribution is -2.42. The van der Waals surface area contributed by atoms with Gasteiger partial charge in [0.25, 0.3) is 5.91 Å². The first-order chi connectivity index (χ1) is 15.3. The second-order valence-corrected chi connectivity index (χ2v) is 7.36. The molecule has 2 aromatic carbocycles. The quantitative estimate of drug-likeness (QED) is 0.521. The van der Waals surface area contributed by atoms with Crippen LogP contribution in [0.1, 0.15) is 29.8 Å². The number of carbonyl (C=O) groups is 4. The van der Waals surface area contributed by atoms with Crippen molar-refractivity contribution in [2.24, 2.45) is 0 Å². The molecule has 1 atom stereocenters. The number of carbonyl (C=O) groups excluding carboxylic acids is 4.